The van der Waals surface area contributed by atoms with E-state index in [2.05, 4.69) is 15.6 Å². The molecule has 3 atom stereocenters. The number of carbonyl (C=O) groups excluding carboxylic acids is 3. The first-order valence-corrected chi connectivity index (χ1v) is 14.1. The number of amides is 3. The number of rotatable bonds is 6. The highest BCUT2D eigenvalue weighted by molar-refractivity contribution is 7.07. The van der Waals surface area contributed by atoms with Gasteiger partial charge in [-0.25, -0.2) is 4.98 Å². The van der Waals surface area contributed by atoms with Crippen LogP contribution in [-0.4, -0.2) is 59.5 Å². The summed E-state index contributed by atoms with van der Waals surface area (Å²) in [6.07, 6.45) is 0.791. The van der Waals surface area contributed by atoms with Gasteiger partial charge in [0.25, 0.3) is 11.8 Å². The van der Waals surface area contributed by atoms with Gasteiger partial charge in [-0.05, 0) is 48.7 Å². The molecule has 0 bridgehead atoms. The van der Waals surface area contributed by atoms with Crippen LogP contribution in [0, 0.1) is 0 Å². The van der Waals surface area contributed by atoms with Crippen LogP contribution in [0.2, 0.25) is 10.0 Å². The summed E-state index contributed by atoms with van der Waals surface area (Å²) >= 11 is 13.3. The van der Waals surface area contributed by atoms with Crippen LogP contribution >= 0.6 is 34.5 Å². The molecule has 3 heterocycles. The van der Waals surface area contributed by atoms with E-state index >= 15 is 0 Å². The quantitative estimate of drug-likeness (QED) is 0.428. The number of benzene rings is 2. The molecular weight excluding hydrogens is 563 g/mol. The molecule has 39 heavy (non-hydrogen) atoms. The summed E-state index contributed by atoms with van der Waals surface area (Å²) in [5.74, 6) is -0.317. The molecule has 1 fully saturated rings. The zero-order chi connectivity index (χ0) is 27.5. The van der Waals surface area contributed by atoms with Gasteiger partial charge in [0, 0.05) is 24.7 Å². The number of aromatic nitrogens is 1. The molecule has 2 aliphatic rings. The van der Waals surface area contributed by atoms with E-state index in [9.17, 15) is 14.4 Å². The molecular formula is C27H26Cl2N4O5S. The number of hydrogen-bond donors (Lipinski definition) is 2. The Morgan fingerprint density at radius 2 is 2.00 bits per heavy atom. The van der Waals surface area contributed by atoms with Crippen LogP contribution in [0.4, 0.5) is 5.69 Å². The van der Waals surface area contributed by atoms with Gasteiger partial charge in [-0.2, -0.15) is 0 Å². The second-order valence-electron chi connectivity index (χ2n) is 9.44. The minimum atomic E-state index is -0.391. The molecule has 0 saturated carbocycles. The predicted molar refractivity (Wildman–Crippen MR) is 149 cm³/mol. The first kappa shape index (κ1) is 27.4. The second kappa shape index (κ2) is 11.9. The first-order valence-electron chi connectivity index (χ1n) is 12.4. The van der Waals surface area contributed by atoms with Crippen molar-refractivity contribution in [2.24, 2.45) is 0 Å². The summed E-state index contributed by atoms with van der Waals surface area (Å²) in [4.78, 5) is 44.1. The van der Waals surface area contributed by atoms with Crippen molar-refractivity contribution >= 4 is 57.9 Å². The van der Waals surface area contributed by atoms with Gasteiger partial charge in [0.15, 0.2) is 0 Å². The van der Waals surface area contributed by atoms with E-state index in [0.29, 0.717) is 52.1 Å². The fraction of sp³-hybridized carbons (Fsp3) is 0.333. The Morgan fingerprint density at radius 3 is 2.77 bits per heavy atom. The Morgan fingerprint density at radius 1 is 1.15 bits per heavy atom. The third kappa shape index (κ3) is 6.36. The monoisotopic (exact) mass is 588 g/mol. The standard InChI is InChI=1S/C27H26Cl2N4O5S/c1-33-22-6-4-17(10-25(34)30-11-15-2-5-19(28)20(29)8-15)38-24(22)12-37-23-7-3-16(9-18(23)27(33)36)32-26(35)21-13-39-14-31-21/h2-3,5,7-9,13-14,17,22,24H,4,6,10-12H2,1H3,(H,30,34)(H,32,35)/t17-,22+,24+/m0/s1. The third-order valence-electron chi connectivity index (χ3n) is 6.82. The normalized spacial score (nSPS) is 20.6. The second-order valence-corrected chi connectivity index (χ2v) is 11.0. The zero-order valence-corrected chi connectivity index (χ0v) is 23.3. The predicted octanol–water partition coefficient (Wildman–Crippen LogP) is 4.79. The summed E-state index contributed by atoms with van der Waals surface area (Å²) in [7, 11) is 1.74. The fourth-order valence-electron chi connectivity index (χ4n) is 4.75. The average molecular weight is 590 g/mol. The molecule has 0 spiro atoms. The molecule has 0 unspecified atom stereocenters. The zero-order valence-electron chi connectivity index (χ0n) is 21.0. The maximum absolute atomic E-state index is 13.4. The molecule has 5 rings (SSSR count). The lowest BCUT2D eigenvalue weighted by atomic mass is 9.94. The van der Waals surface area contributed by atoms with Crippen molar-refractivity contribution < 1.29 is 23.9 Å². The van der Waals surface area contributed by atoms with Crippen LogP contribution in [0.1, 0.15) is 45.7 Å². The summed E-state index contributed by atoms with van der Waals surface area (Å²) in [6, 6.07) is 9.97. The van der Waals surface area contributed by atoms with Crippen molar-refractivity contribution in [3.8, 4) is 5.75 Å². The first-order chi connectivity index (χ1) is 18.8. The van der Waals surface area contributed by atoms with Crippen LogP contribution in [-0.2, 0) is 16.1 Å². The number of hydrogen-bond acceptors (Lipinski definition) is 7. The van der Waals surface area contributed by atoms with Gasteiger partial charge in [-0.3, -0.25) is 14.4 Å². The topological polar surface area (TPSA) is 110 Å². The molecule has 3 aromatic rings. The van der Waals surface area contributed by atoms with Gasteiger partial charge in [0.2, 0.25) is 5.91 Å². The molecule has 12 heteroatoms. The van der Waals surface area contributed by atoms with Gasteiger partial charge in [-0.15, -0.1) is 11.3 Å². The summed E-state index contributed by atoms with van der Waals surface area (Å²) in [5.41, 5.74) is 3.57. The highest BCUT2D eigenvalue weighted by Crippen LogP contribution is 2.32. The smallest absolute Gasteiger partial charge is 0.275 e. The van der Waals surface area contributed by atoms with E-state index in [1.54, 1.807) is 53.2 Å². The highest BCUT2D eigenvalue weighted by atomic mass is 35.5. The fourth-order valence-corrected chi connectivity index (χ4v) is 5.61. The highest BCUT2D eigenvalue weighted by Gasteiger charge is 2.39. The molecule has 2 aromatic carbocycles. The van der Waals surface area contributed by atoms with Crippen molar-refractivity contribution in [3.63, 3.8) is 0 Å². The van der Waals surface area contributed by atoms with Gasteiger partial charge < -0.3 is 25.0 Å². The van der Waals surface area contributed by atoms with E-state index in [4.69, 9.17) is 32.7 Å². The number of anilines is 1. The minimum Gasteiger partial charge on any atom is -0.490 e. The number of nitrogens with zero attached hydrogens (tertiary/aromatic N) is 2. The van der Waals surface area contributed by atoms with Crippen LogP contribution in [0.15, 0.2) is 47.3 Å². The molecule has 0 radical (unpaired) electrons. The number of ether oxygens (including phenoxy) is 2. The lowest BCUT2D eigenvalue weighted by Gasteiger charge is -2.42. The summed E-state index contributed by atoms with van der Waals surface area (Å²) in [6.45, 7) is 0.555. The van der Waals surface area contributed by atoms with E-state index in [1.165, 1.54) is 11.3 Å². The number of thiazole rings is 1. The van der Waals surface area contributed by atoms with Crippen LogP contribution in [0.5, 0.6) is 5.75 Å². The Bertz CT molecular complexity index is 1390. The molecule has 3 amide bonds. The SMILES string of the molecule is CN1C(=O)c2cc(NC(=O)c3cscn3)ccc2OC[C@H]2O[C@H](CC(=O)NCc3ccc(Cl)c(Cl)c3)CC[C@H]21. The Labute approximate surface area is 239 Å². The Kier molecular flexibility index (Phi) is 8.37. The Balaban J connectivity index is 1.20. The maximum Gasteiger partial charge on any atom is 0.275 e. The molecule has 2 N–H and O–H groups in total. The molecule has 1 aromatic heterocycles. The number of fused-ring (bicyclic) bond motifs is 2. The number of nitrogens with one attached hydrogen (secondary N) is 2. The van der Waals surface area contributed by atoms with Crippen molar-refractivity contribution in [1.82, 2.24) is 15.2 Å². The number of carbonyl (C=O) groups is 3. The van der Waals surface area contributed by atoms with Gasteiger partial charge in [-0.1, -0.05) is 29.3 Å². The third-order valence-corrected chi connectivity index (χ3v) is 8.15. The van der Waals surface area contributed by atoms with E-state index in [-0.39, 0.29) is 42.9 Å². The van der Waals surface area contributed by atoms with Crippen molar-refractivity contribution in [3.05, 3.63) is 74.2 Å². The van der Waals surface area contributed by atoms with Crippen molar-refractivity contribution in [1.29, 1.82) is 0 Å². The molecule has 0 aliphatic carbocycles. The van der Waals surface area contributed by atoms with Gasteiger partial charge in [0.05, 0.1) is 39.7 Å². The van der Waals surface area contributed by atoms with Crippen LogP contribution < -0.4 is 15.4 Å². The van der Waals surface area contributed by atoms with Gasteiger partial charge in [0.1, 0.15) is 24.2 Å². The molecule has 204 valence electrons. The largest absolute Gasteiger partial charge is 0.490 e. The molecule has 2 aliphatic heterocycles. The number of likely N-dealkylation sites (N-methyl/N-ethyl adjacent to an activating group) is 1. The lowest BCUT2D eigenvalue weighted by Crippen LogP contribution is -2.53. The van der Waals surface area contributed by atoms with Crippen LogP contribution in [0.3, 0.4) is 0 Å². The average Bonchev–Trinajstić information content (AvgIpc) is 3.47. The summed E-state index contributed by atoms with van der Waals surface area (Å²) in [5, 5.41) is 8.22. The van der Waals surface area contributed by atoms with Crippen molar-refractivity contribution in [2.75, 3.05) is 19.0 Å². The lowest BCUT2D eigenvalue weighted by molar-refractivity contribution is -0.134. The van der Waals surface area contributed by atoms with Crippen molar-refractivity contribution in [2.45, 2.75) is 44.1 Å². The van der Waals surface area contributed by atoms with Gasteiger partial charge >= 0.3 is 0 Å². The summed E-state index contributed by atoms with van der Waals surface area (Å²) < 4.78 is 12.3. The maximum atomic E-state index is 13.4. The van der Waals surface area contributed by atoms with E-state index in [1.807, 2.05) is 6.07 Å². The van der Waals surface area contributed by atoms with E-state index in [0.717, 1.165) is 5.56 Å². The number of halogens is 2. The van der Waals surface area contributed by atoms with E-state index < -0.39 is 6.10 Å². The molecule has 9 nitrogen and oxygen atoms in total. The Hall–Kier alpha value is -3.18. The van der Waals surface area contributed by atoms with Crippen LogP contribution in [0.25, 0.3) is 0 Å². The molecule has 1 saturated heterocycles. The minimum absolute atomic E-state index is 0.140.